The maximum atomic E-state index is 11.4. The molecule has 0 radical (unpaired) electrons. The topological polar surface area (TPSA) is 53.4 Å². The molecule has 0 aliphatic carbocycles. The molecule has 3 rings (SSSR count). The molecule has 1 aromatic heterocycles. The number of carboxylic acids is 1. The van der Waals surface area contributed by atoms with Crippen molar-refractivity contribution in [3.05, 3.63) is 71.5 Å². The minimum absolute atomic E-state index is 0.0558. The molecule has 7 heteroatoms. The van der Waals surface area contributed by atoms with Gasteiger partial charge in [0.2, 0.25) is 0 Å². The number of thiol groups is 1. The first-order chi connectivity index (χ1) is 15.3. The number of aromatic carboxylic acids is 1. The normalized spacial score (nSPS) is 12.2. The van der Waals surface area contributed by atoms with E-state index in [9.17, 15) is 9.90 Å². The van der Waals surface area contributed by atoms with Gasteiger partial charge in [0, 0.05) is 0 Å². The van der Waals surface area contributed by atoms with E-state index in [1.54, 1.807) is 12.3 Å². The molecule has 0 saturated carbocycles. The third-order valence-corrected chi connectivity index (χ3v) is 8.47. The number of hydrogen-bond acceptors (Lipinski definition) is 4. The van der Waals surface area contributed by atoms with Gasteiger partial charge in [0.15, 0.2) is 0 Å². The second-order valence-corrected chi connectivity index (χ2v) is 11.9. The number of carboxylic acid groups (broad SMARTS) is 1. The molecule has 0 saturated heterocycles. The van der Waals surface area contributed by atoms with Crippen LogP contribution in [0.1, 0.15) is 30.6 Å². The van der Waals surface area contributed by atoms with E-state index in [1.807, 2.05) is 30.3 Å². The van der Waals surface area contributed by atoms with Crippen LogP contribution in [0.4, 0.5) is 11.4 Å². The maximum absolute atomic E-state index is 11.4. The van der Waals surface area contributed by atoms with Gasteiger partial charge in [0.1, 0.15) is 0 Å². The Balaban J connectivity index is 2.05. The minimum atomic E-state index is -1.02. The molecule has 1 unspecified atom stereocenters. The fourth-order valence-corrected chi connectivity index (χ4v) is 6.48. The van der Waals surface area contributed by atoms with E-state index in [1.165, 1.54) is 12.6 Å². The van der Waals surface area contributed by atoms with Crippen LogP contribution in [0.2, 0.25) is 5.02 Å². The van der Waals surface area contributed by atoms with Gasteiger partial charge in [-0.2, -0.15) is 0 Å². The van der Waals surface area contributed by atoms with Crippen LogP contribution in [0.25, 0.3) is 11.1 Å². The number of halogens is 2. The van der Waals surface area contributed by atoms with Crippen molar-refractivity contribution in [1.29, 1.82) is 0 Å². The Morgan fingerprint density at radius 1 is 1.19 bits per heavy atom. The summed E-state index contributed by atoms with van der Waals surface area (Å²) in [5.41, 5.74) is 3.54. The van der Waals surface area contributed by atoms with Gasteiger partial charge >= 0.3 is 212 Å². The van der Waals surface area contributed by atoms with Crippen LogP contribution in [0, 0.1) is 5.92 Å². The van der Waals surface area contributed by atoms with E-state index in [0.717, 1.165) is 22.8 Å². The van der Waals surface area contributed by atoms with E-state index in [4.69, 9.17) is 24.2 Å². The van der Waals surface area contributed by atoms with Crippen LogP contribution >= 0.6 is 24.2 Å². The molecule has 4 nitrogen and oxygen atoms in total. The van der Waals surface area contributed by atoms with E-state index >= 15 is 0 Å². The summed E-state index contributed by atoms with van der Waals surface area (Å²) in [4.78, 5) is 20.8. The fourth-order valence-electron chi connectivity index (χ4n) is 3.59. The van der Waals surface area contributed by atoms with E-state index in [2.05, 4.69) is 40.8 Å². The number of aromatic nitrogens is 1. The molecule has 0 aliphatic heterocycles. The van der Waals surface area contributed by atoms with Crippen molar-refractivity contribution in [2.24, 2.45) is 5.92 Å². The summed E-state index contributed by atoms with van der Waals surface area (Å²) in [5.74, 6) is -0.375. The Bertz CT molecular complexity index is 1080. The average molecular weight is 582 g/mol. The summed E-state index contributed by atoms with van der Waals surface area (Å²) in [7, 11) is 0. The van der Waals surface area contributed by atoms with Crippen LogP contribution < -0.4 is 26.1 Å². The van der Waals surface area contributed by atoms with Crippen molar-refractivity contribution in [3.8, 4) is 11.1 Å². The molecule has 3 aromatic rings. The van der Waals surface area contributed by atoms with Crippen LogP contribution in [-0.4, -0.2) is 31.5 Å². The van der Waals surface area contributed by atoms with Crippen molar-refractivity contribution in [2.45, 2.75) is 29.1 Å². The Kier molecular flexibility index (Phi) is 8.85. The van der Waals surface area contributed by atoms with Crippen molar-refractivity contribution < 1.29 is 31.1 Å². The Morgan fingerprint density at radius 2 is 1.91 bits per heavy atom. The van der Waals surface area contributed by atoms with Crippen molar-refractivity contribution in [2.75, 3.05) is 16.4 Å². The van der Waals surface area contributed by atoms with Crippen molar-refractivity contribution in [3.63, 3.8) is 0 Å². The molecular formula is C25H27ClIN2O2S-. The number of para-hydroxylation sites is 1. The SMILES string of the molecule is C[I-]C(CC(C)C)CN(c1ccccc1)c1cc(Cl)c(-c2cncc(C(=O)O)c2)cc1S. The zero-order chi connectivity index (χ0) is 23.3. The number of nitrogens with zero attached hydrogens (tertiary/aromatic N) is 2. The van der Waals surface area contributed by atoms with Crippen LogP contribution in [-0.2, 0) is 0 Å². The molecule has 0 fully saturated rings. The van der Waals surface area contributed by atoms with Gasteiger partial charge in [0.05, 0.1) is 0 Å². The Hall–Kier alpha value is -1.77. The Labute approximate surface area is 210 Å². The summed E-state index contributed by atoms with van der Waals surface area (Å²) in [6, 6.07) is 15.7. The van der Waals surface area contributed by atoms with Gasteiger partial charge in [-0.1, -0.05) is 0 Å². The zero-order valence-corrected chi connectivity index (χ0v) is 22.1. The number of alkyl halides is 2. The van der Waals surface area contributed by atoms with E-state index in [0.29, 0.717) is 26.0 Å². The molecular weight excluding hydrogens is 555 g/mol. The summed E-state index contributed by atoms with van der Waals surface area (Å²) < 4.78 is 0.636. The second kappa shape index (κ2) is 11.4. The second-order valence-electron chi connectivity index (χ2n) is 7.98. The van der Waals surface area contributed by atoms with Crippen LogP contribution in [0.15, 0.2) is 65.8 Å². The molecule has 1 heterocycles. The summed E-state index contributed by atoms with van der Waals surface area (Å²) in [5, 5.41) is 9.84. The van der Waals surface area contributed by atoms with Gasteiger partial charge < -0.3 is 0 Å². The van der Waals surface area contributed by atoms with Crippen molar-refractivity contribution in [1.82, 2.24) is 4.98 Å². The third-order valence-electron chi connectivity index (χ3n) is 5.14. The monoisotopic (exact) mass is 581 g/mol. The van der Waals surface area contributed by atoms with E-state index in [-0.39, 0.29) is 26.8 Å². The van der Waals surface area contributed by atoms with Gasteiger partial charge in [-0.05, 0) is 0 Å². The predicted octanol–water partition coefficient (Wildman–Crippen LogP) is 3.66. The zero-order valence-electron chi connectivity index (χ0n) is 18.3. The summed E-state index contributed by atoms with van der Waals surface area (Å²) >= 11 is 11.6. The number of pyridine rings is 1. The van der Waals surface area contributed by atoms with Crippen molar-refractivity contribution >= 4 is 41.6 Å². The first-order valence-electron chi connectivity index (χ1n) is 10.3. The number of anilines is 2. The molecule has 0 amide bonds. The van der Waals surface area contributed by atoms with E-state index < -0.39 is 5.97 Å². The van der Waals surface area contributed by atoms with Crippen LogP contribution in [0.5, 0.6) is 0 Å². The first-order valence-corrected chi connectivity index (χ1v) is 14.5. The van der Waals surface area contributed by atoms with Gasteiger partial charge in [-0.15, -0.1) is 0 Å². The molecule has 0 aliphatic rings. The first kappa shape index (κ1) is 24.9. The number of rotatable bonds is 9. The fraction of sp³-hybridized carbons (Fsp3) is 0.280. The van der Waals surface area contributed by atoms with Crippen LogP contribution in [0.3, 0.4) is 0 Å². The molecule has 1 atom stereocenters. The number of carbonyl (C=O) groups is 1. The molecule has 0 bridgehead atoms. The predicted molar refractivity (Wildman–Crippen MR) is 132 cm³/mol. The van der Waals surface area contributed by atoms with Gasteiger partial charge in [0.25, 0.3) is 0 Å². The third kappa shape index (κ3) is 6.17. The molecule has 2 aromatic carbocycles. The summed E-state index contributed by atoms with van der Waals surface area (Å²) in [6.45, 7) is 5.45. The molecule has 170 valence electrons. The molecule has 0 spiro atoms. The summed E-state index contributed by atoms with van der Waals surface area (Å²) in [6.07, 6.45) is 4.14. The average Bonchev–Trinajstić information content (AvgIpc) is 2.78. The Morgan fingerprint density at radius 3 is 2.53 bits per heavy atom. The van der Waals surface area contributed by atoms with Gasteiger partial charge in [-0.3, -0.25) is 0 Å². The number of benzene rings is 2. The van der Waals surface area contributed by atoms with Gasteiger partial charge in [-0.25, -0.2) is 0 Å². The number of hydrogen-bond donors (Lipinski definition) is 2. The molecule has 1 N–H and O–H groups in total. The quantitative estimate of drug-likeness (QED) is 0.230. The standard InChI is InChI=1S/C25H27ClIN2O2S/c1-16(2)9-19(27-3)15-29(20-7-5-4-6-8-20)23-12-22(26)21(11-24(23)32)17-10-18(25(30)31)14-28-13-17/h4-8,10-14,16,19,32H,9,15H2,1-3H3,(H,30,31)/q-1. The molecule has 32 heavy (non-hydrogen) atoms.